The number of aromatic hydroxyl groups is 1. The van der Waals surface area contributed by atoms with Gasteiger partial charge in [-0.2, -0.15) is 0 Å². The fraction of sp³-hybridized carbons (Fsp3) is 0.409. The van der Waals surface area contributed by atoms with Crippen LogP contribution in [0.2, 0.25) is 0 Å². The molecule has 5 nitrogen and oxygen atoms in total. The maximum atomic E-state index is 9.39. The molecule has 0 aliphatic carbocycles. The molecular weight excluding hydrogens is 336 g/mol. The Hall–Kier alpha value is -2.53. The molecule has 0 bridgehead atoms. The van der Waals surface area contributed by atoms with Crippen molar-refractivity contribution in [1.29, 1.82) is 0 Å². The van der Waals surface area contributed by atoms with Crippen LogP contribution in [0.5, 0.6) is 5.75 Å². The molecule has 1 fully saturated rings. The van der Waals surface area contributed by atoms with Gasteiger partial charge >= 0.3 is 0 Å². The second-order valence-corrected chi connectivity index (χ2v) is 6.99. The molecule has 0 saturated carbocycles. The average Bonchev–Trinajstić information content (AvgIpc) is 3.13. The number of likely N-dealkylation sites (tertiary alicyclic amines) is 1. The summed E-state index contributed by atoms with van der Waals surface area (Å²) < 4.78 is 0. The van der Waals surface area contributed by atoms with Crippen molar-refractivity contribution in [2.75, 3.05) is 19.6 Å². The lowest BCUT2D eigenvalue weighted by Gasteiger charge is -2.25. The van der Waals surface area contributed by atoms with Gasteiger partial charge in [0.25, 0.3) is 0 Å². The van der Waals surface area contributed by atoms with Crippen LogP contribution in [0.1, 0.15) is 30.9 Å². The molecule has 1 saturated heterocycles. The van der Waals surface area contributed by atoms with E-state index in [0.29, 0.717) is 12.6 Å². The van der Waals surface area contributed by atoms with E-state index in [2.05, 4.69) is 57.8 Å². The molecule has 5 heteroatoms. The van der Waals surface area contributed by atoms with Crippen LogP contribution >= 0.6 is 0 Å². The van der Waals surface area contributed by atoms with E-state index >= 15 is 0 Å². The number of nitrogens with zero attached hydrogens (tertiary/aromatic N) is 2. The highest BCUT2D eigenvalue weighted by Gasteiger charge is 2.24. The minimum Gasteiger partial charge on any atom is -0.508 e. The Kier molecular flexibility index (Phi) is 7.11. The number of phenolic OH excluding ortho intramolecular Hbond substituents is 1. The van der Waals surface area contributed by atoms with Crippen LogP contribution in [0.4, 0.5) is 0 Å². The molecule has 1 aliphatic rings. The standard InChI is InChI=1S/C22H30N4O/c1-2-23-22(24-15-18-10-12-21(27)13-11-18)25-16-20-9-6-14-26(20)17-19-7-4-3-5-8-19/h3-5,7-8,10-13,20,27H,2,6,9,14-17H2,1H3,(H2,23,24,25). The van der Waals surface area contributed by atoms with Crippen molar-refractivity contribution in [2.45, 2.75) is 38.9 Å². The molecule has 0 aromatic heterocycles. The van der Waals surface area contributed by atoms with Gasteiger partial charge in [0, 0.05) is 25.7 Å². The van der Waals surface area contributed by atoms with Gasteiger partial charge in [0.2, 0.25) is 0 Å². The lowest BCUT2D eigenvalue weighted by atomic mass is 10.2. The maximum Gasteiger partial charge on any atom is 0.191 e. The number of nitrogens with one attached hydrogen (secondary N) is 2. The Balaban J connectivity index is 1.54. The van der Waals surface area contributed by atoms with Gasteiger partial charge in [-0.15, -0.1) is 0 Å². The summed E-state index contributed by atoms with van der Waals surface area (Å²) in [6.45, 7) is 6.56. The highest BCUT2D eigenvalue weighted by molar-refractivity contribution is 5.79. The molecule has 2 aromatic carbocycles. The first-order chi connectivity index (χ1) is 13.2. The van der Waals surface area contributed by atoms with Crippen molar-refractivity contribution < 1.29 is 5.11 Å². The number of phenols is 1. The zero-order valence-electron chi connectivity index (χ0n) is 16.1. The monoisotopic (exact) mass is 366 g/mol. The molecule has 27 heavy (non-hydrogen) atoms. The summed E-state index contributed by atoms with van der Waals surface area (Å²) in [5.41, 5.74) is 2.45. The zero-order valence-corrected chi connectivity index (χ0v) is 16.1. The minimum atomic E-state index is 0.285. The fourth-order valence-electron chi connectivity index (χ4n) is 3.48. The predicted octanol–water partition coefficient (Wildman–Crippen LogP) is 3.11. The van der Waals surface area contributed by atoms with Crippen LogP contribution in [0.25, 0.3) is 0 Å². The van der Waals surface area contributed by atoms with Gasteiger partial charge in [-0.1, -0.05) is 42.5 Å². The fourth-order valence-corrected chi connectivity index (χ4v) is 3.48. The smallest absolute Gasteiger partial charge is 0.191 e. The maximum absolute atomic E-state index is 9.39. The van der Waals surface area contributed by atoms with Crippen LogP contribution < -0.4 is 10.6 Å². The van der Waals surface area contributed by atoms with E-state index in [0.717, 1.165) is 37.7 Å². The van der Waals surface area contributed by atoms with E-state index < -0.39 is 0 Å². The Morgan fingerprint density at radius 2 is 1.85 bits per heavy atom. The largest absolute Gasteiger partial charge is 0.508 e. The number of hydrogen-bond acceptors (Lipinski definition) is 3. The highest BCUT2D eigenvalue weighted by atomic mass is 16.3. The average molecular weight is 367 g/mol. The van der Waals surface area contributed by atoms with E-state index in [9.17, 15) is 5.11 Å². The van der Waals surface area contributed by atoms with Crippen molar-refractivity contribution in [3.63, 3.8) is 0 Å². The normalized spacial score (nSPS) is 17.8. The molecule has 0 spiro atoms. The predicted molar refractivity (Wildman–Crippen MR) is 111 cm³/mol. The molecule has 1 atom stereocenters. The van der Waals surface area contributed by atoms with Gasteiger partial charge in [-0.05, 0) is 49.6 Å². The summed E-state index contributed by atoms with van der Waals surface area (Å²) in [6.07, 6.45) is 2.47. The lowest BCUT2D eigenvalue weighted by Crippen LogP contribution is -2.44. The van der Waals surface area contributed by atoms with Crippen molar-refractivity contribution in [3.05, 3.63) is 65.7 Å². The SMILES string of the molecule is CCNC(=NCc1ccc(O)cc1)NCC1CCCN1Cc1ccccc1. The van der Waals surface area contributed by atoms with Crippen LogP contribution in [0.3, 0.4) is 0 Å². The Morgan fingerprint density at radius 3 is 2.59 bits per heavy atom. The lowest BCUT2D eigenvalue weighted by molar-refractivity contribution is 0.245. The molecule has 1 unspecified atom stereocenters. The number of rotatable bonds is 7. The molecule has 2 aromatic rings. The molecule has 3 rings (SSSR count). The summed E-state index contributed by atoms with van der Waals surface area (Å²) in [5.74, 6) is 1.13. The van der Waals surface area contributed by atoms with Crippen LogP contribution in [-0.2, 0) is 13.1 Å². The van der Waals surface area contributed by atoms with Crippen LogP contribution in [0, 0.1) is 0 Å². The van der Waals surface area contributed by atoms with Gasteiger partial charge in [0.1, 0.15) is 5.75 Å². The first-order valence-electron chi connectivity index (χ1n) is 9.82. The Morgan fingerprint density at radius 1 is 1.07 bits per heavy atom. The van der Waals surface area contributed by atoms with E-state index in [-0.39, 0.29) is 5.75 Å². The summed E-state index contributed by atoms with van der Waals surface area (Å²) in [5, 5.41) is 16.2. The number of aliphatic imine (C=N–C) groups is 1. The van der Waals surface area contributed by atoms with Gasteiger partial charge in [0.15, 0.2) is 5.96 Å². The van der Waals surface area contributed by atoms with E-state index in [4.69, 9.17) is 0 Å². The van der Waals surface area contributed by atoms with Gasteiger partial charge in [-0.3, -0.25) is 4.90 Å². The van der Waals surface area contributed by atoms with Crippen molar-refractivity contribution in [2.24, 2.45) is 4.99 Å². The molecular formula is C22H30N4O. The van der Waals surface area contributed by atoms with E-state index in [1.807, 2.05) is 12.1 Å². The first-order valence-corrected chi connectivity index (χ1v) is 9.82. The second-order valence-electron chi connectivity index (χ2n) is 6.99. The third-order valence-corrected chi connectivity index (χ3v) is 4.93. The van der Waals surface area contributed by atoms with Crippen molar-refractivity contribution in [1.82, 2.24) is 15.5 Å². The third kappa shape index (κ3) is 6.00. The third-order valence-electron chi connectivity index (χ3n) is 4.93. The van der Waals surface area contributed by atoms with Gasteiger partial charge in [0.05, 0.1) is 6.54 Å². The first kappa shape index (κ1) is 19.2. The molecule has 0 radical (unpaired) electrons. The molecule has 1 heterocycles. The summed E-state index contributed by atoms with van der Waals surface area (Å²) in [6, 6.07) is 18.4. The summed E-state index contributed by atoms with van der Waals surface area (Å²) in [4.78, 5) is 7.24. The highest BCUT2D eigenvalue weighted by Crippen LogP contribution is 2.19. The van der Waals surface area contributed by atoms with Crippen LogP contribution in [-0.4, -0.2) is 41.6 Å². The molecule has 144 valence electrons. The topological polar surface area (TPSA) is 59.9 Å². The number of benzene rings is 2. The zero-order chi connectivity index (χ0) is 18.9. The van der Waals surface area contributed by atoms with E-state index in [1.54, 1.807) is 12.1 Å². The Bertz CT molecular complexity index is 715. The van der Waals surface area contributed by atoms with Crippen LogP contribution in [0.15, 0.2) is 59.6 Å². The molecule has 1 aliphatic heterocycles. The molecule has 0 amide bonds. The Labute approximate surface area is 162 Å². The number of guanidine groups is 1. The van der Waals surface area contributed by atoms with Gasteiger partial charge < -0.3 is 15.7 Å². The molecule has 3 N–H and O–H groups in total. The van der Waals surface area contributed by atoms with E-state index in [1.165, 1.54) is 18.4 Å². The van der Waals surface area contributed by atoms with Crippen molar-refractivity contribution in [3.8, 4) is 5.75 Å². The van der Waals surface area contributed by atoms with Gasteiger partial charge in [-0.25, -0.2) is 4.99 Å². The summed E-state index contributed by atoms with van der Waals surface area (Å²) in [7, 11) is 0. The number of hydrogen-bond donors (Lipinski definition) is 3. The second kappa shape index (κ2) is 9.97. The minimum absolute atomic E-state index is 0.285. The quantitative estimate of drug-likeness (QED) is 0.521. The summed E-state index contributed by atoms with van der Waals surface area (Å²) >= 11 is 0. The van der Waals surface area contributed by atoms with Crippen molar-refractivity contribution >= 4 is 5.96 Å².